The molecule has 3 aromatic rings. The van der Waals surface area contributed by atoms with Crippen molar-refractivity contribution in [3.63, 3.8) is 0 Å². The van der Waals surface area contributed by atoms with Gasteiger partial charge < -0.3 is 19.9 Å². The number of fused-ring (bicyclic) bond motifs is 1. The molecular weight excluding hydrogens is 562 g/mol. The number of hydrogen-bond donors (Lipinski definition) is 1. The van der Waals surface area contributed by atoms with Crippen LogP contribution in [0.3, 0.4) is 0 Å². The number of anilines is 1. The Balaban J connectivity index is 1.37. The van der Waals surface area contributed by atoms with Gasteiger partial charge >= 0.3 is 0 Å². The Hall–Kier alpha value is -2.62. The van der Waals surface area contributed by atoms with Crippen molar-refractivity contribution in [2.45, 2.75) is 98.0 Å². The second-order valence-corrected chi connectivity index (χ2v) is 15.0. The Labute approximate surface area is 259 Å². The van der Waals surface area contributed by atoms with E-state index >= 15 is 0 Å². The Bertz CT molecular complexity index is 1540. The molecule has 4 aliphatic rings. The van der Waals surface area contributed by atoms with Gasteiger partial charge in [0.25, 0.3) is 0 Å². The number of amides is 1. The van der Waals surface area contributed by atoms with Gasteiger partial charge in [-0.05, 0) is 63.5 Å². The molecule has 3 aliphatic heterocycles. The second kappa shape index (κ2) is 10.5. The van der Waals surface area contributed by atoms with Crippen molar-refractivity contribution in [1.82, 2.24) is 29.8 Å². The lowest BCUT2D eigenvalue weighted by molar-refractivity contribution is -0.130. The van der Waals surface area contributed by atoms with Crippen LogP contribution in [0.5, 0.6) is 0 Å². The summed E-state index contributed by atoms with van der Waals surface area (Å²) in [5.41, 5.74) is 4.58. The minimum atomic E-state index is -0.0738. The van der Waals surface area contributed by atoms with Crippen LogP contribution in [0.2, 0.25) is 5.02 Å². The number of carbonyl (C=O) groups excluding carboxylic acids is 1. The normalized spacial score (nSPS) is 29.7. The van der Waals surface area contributed by atoms with E-state index in [0.29, 0.717) is 35.6 Å². The van der Waals surface area contributed by atoms with Crippen molar-refractivity contribution in [2.24, 2.45) is 10.8 Å². The van der Waals surface area contributed by atoms with E-state index in [9.17, 15) is 4.79 Å². The molecule has 0 bridgehead atoms. The molecule has 3 atom stereocenters. The average Bonchev–Trinajstić information content (AvgIpc) is 3.53. The molecule has 43 heavy (non-hydrogen) atoms. The van der Waals surface area contributed by atoms with Crippen LogP contribution in [0.15, 0.2) is 18.3 Å². The lowest BCUT2D eigenvalue weighted by atomic mass is 9.57. The molecule has 1 aromatic carbocycles. The van der Waals surface area contributed by atoms with E-state index in [-0.39, 0.29) is 23.6 Å². The first kappa shape index (κ1) is 29.1. The maximum absolute atomic E-state index is 12.5. The number of piperazine rings is 1. The molecule has 3 saturated heterocycles. The van der Waals surface area contributed by atoms with Gasteiger partial charge in [0.05, 0.1) is 23.8 Å². The molecule has 0 radical (unpaired) electrons. The third-order valence-corrected chi connectivity index (χ3v) is 11.3. The van der Waals surface area contributed by atoms with Crippen LogP contribution >= 0.6 is 11.6 Å². The molecule has 9 nitrogen and oxygen atoms in total. The van der Waals surface area contributed by atoms with E-state index in [2.05, 4.69) is 55.6 Å². The number of hydrogen-bond acceptors (Lipinski definition) is 6. The van der Waals surface area contributed by atoms with Crippen LogP contribution in [0.25, 0.3) is 22.0 Å². The van der Waals surface area contributed by atoms with Gasteiger partial charge in [0.2, 0.25) is 5.91 Å². The van der Waals surface area contributed by atoms with Crippen molar-refractivity contribution in [1.29, 1.82) is 0 Å². The molecule has 10 heteroatoms. The van der Waals surface area contributed by atoms with E-state index in [1.54, 1.807) is 6.92 Å². The van der Waals surface area contributed by atoms with Crippen LogP contribution in [0, 0.1) is 17.8 Å². The van der Waals surface area contributed by atoms with Gasteiger partial charge in [-0.2, -0.15) is 10.2 Å². The summed E-state index contributed by atoms with van der Waals surface area (Å²) in [4.78, 5) is 16.9. The Morgan fingerprint density at radius 2 is 1.93 bits per heavy atom. The molecule has 1 aliphatic carbocycles. The topological polar surface area (TPSA) is 80.5 Å². The van der Waals surface area contributed by atoms with Crippen molar-refractivity contribution < 1.29 is 9.53 Å². The Morgan fingerprint density at radius 1 is 1.14 bits per heavy atom. The highest BCUT2D eigenvalue weighted by Gasteiger charge is 2.54. The number of carbonyl (C=O) groups is 1. The number of nitrogens with one attached hydrogen (secondary N) is 1. The highest BCUT2D eigenvalue weighted by atomic mass is 35.5. The SMILES string of the molecule is CC(=O)N1CCN(c2nn(C3CC4(CNC4C)C3)c(C)c2-c2c(Cl)ccc3c2cnn3C2CCCCO2)C(C(C)(C)C)C1. The molecule has 2 aromatic heterocycles. The van der Waals surface area contributed by atoms with Gasteiger partial charge in [0.1, 0.15) is 0 Å². The number of aromatic nitrogens is 4. The number of halogens is 1. The van der Waals surface area contributed by atoms with Gasteiger partial charge in [-0.25, -0.2) is 4.68 Å². The zero-order valence-corrected chi connectivity index (χ0v) is 27.2. The van der Waals surface area contributed by atoms with Crippen LogP contribution < -0.4 is 10.2 Å². The van der Waals surface area contributed by atoms with E-state index in [4.69, 9.17) is 26.5 Å². The van der Waals surface area contributed by atoms with Gasteiger partial charge in [0, 0.05) is 78.4 Å². The highest BCUT2D eigenvalue weighted by Crippen LogP contribution is 2.55. The fraction of sp³-hybridized carbons (Fsp3) is 0.667. The van der Waals surface area contributed by atoms with Crippen molar-refractivity contribution in [3.8, 4) is 11.1 Å². The van der Waals surface area contributed by atoms with E-state index in [1.165, 1.54) is 0 Å². The van der Waals surface area contributed by atoms with E-state index in [1.807, 2.05) is 21.8 Å². The van der Waals surface area contributed by atoms with Crippen LogP contribution in [0.4, 0.5) is 5.82 Å². The van der Waals surface area contributed by atoms with Crippen LogP contribution in [-0.4, -0.2) is 75.2 Å². The zero-order valence-electron chi connectivity index (χ0n) is 26.5. The molecule has 1 spiro atoms. The van der Waals surface area contributed by atoms with Gasteiger partial charge in [0.15, 0.2) is 12.0 Å². The average molecular weight is 608 g/mol. The van der Waals surface area contributed by atoms with E-state index in [0.717, 1.165) is 85.3 Å². The number of rotatable bonds is 4. The molecule has 5 heterocycles. The predicted molar refractivity (Wildman–Crippen MR) is 171 cm³/mol. The quantitative estimate of drug-likeness (QED) is 0.394. The summed E-state index contributed by atoms with van der Waals surface area (Å²) < 4.78 is 10.5. The monoisotopic (exact) mass is 607 g/mol. The number of benzene rings is 1. The summed E-state index contributed by atoms with van der Waals surface area (Å²) in [6, 6.07) is 5.11. The maximum atomic E-state index is 12.5. The molecule has 4 fully saturated rings. The molecule has 1 amide bonds. The summed E-state index contributed by atoms with van der Waals surface area (Å²) in [6.45, 7) is 16.9. The fourth-order valence-corrected chi connectivity index (χ4v) is 8.31. The lowest BCUT2D eigenvalue weighted by Crippen LogP contribution is -2.66. The first-order valence-electron chi connectivity index (χ1n) is 16.1. The minimum Gasteiger partial charge on any atom is -0.356 e. The standard InChI is InChI=1S/C33H46ClN7O2/c1-20-29(30-24-17-36-41(26(24)11-10-25(30)34)28-9-7-8-14-43-28)31(37-40(20)23-15-33(16-23)19-35-21(33)2)39-13-12-38(22(3)42)18-27(39)32(4,5)6/h10-11,17,21,23,27-28,35H,7-9,12-16,18-19H2,1-6H3. The number of nitrogens with zero attached hydrogens (tertiary/aromatic N) is 6. The van der Waals surface area contributed by atoms with Crippen molar-refractivity contribution in [3.05, 3.63) is 29.0 Å². The van der Waals surface area contributed by atoms with Gasteiger partial charge in [-0.15, -0.1) is 0 Å². The molecule has 7 rings (SSSR count). The summed E-state index contributed by atoms with van der Waals surface area (Å²) in [5, 5.41) is 15.6. The lowest BCUT2D eigenvalue weighted by Gasteiger charge is -2.59. The summed E-state index contributed by atoms with van der Waals surface area (Å²) in [5.74, 6) is 1.10. The first-order chi connectivity index (χ1) is 20.5. The molecule has 232 valence electrons. The molecule has 1 N–H and O–H groups in total. The highest BCUT2D eigenvalue weighted by molar-refractivity contribution is 6.35. The molecular formula is C33H46ClN7O2. The Kier molecular flexibility index (Phi) is 7.10. The van der Waals surface area contributed by atoms with Gasteiger partial charge in [-0.3, -0.25) is 9.48 Å². The van der Waals surface area contributed by atoms with Crippen molar-refractivity contribution in [2.75, 3.05) is 37.7 Å². The van der Waals surface area contributed by atoms with Crippen molar-refractivity contribution >= 4 is 34.2 Å². The number of ether oxygens (including phenoxy) is 1. The molecule has 3 unspecified atom stereocenters. The smallest absolute Gasteiger partial charge is 0.219 e. The predicted octanol–water partition coefficient (Wildman–Crippen LogP) is 5.96. The summed E-state index contributed by atoms with van der Waals surface area (Å²) in [6.07, 6.45) is 7.37. The van der Waals surface area contributed by atoms with Crippen LogP contribution in [0.1, 0.15) is 84.7 Å². The third kappa shape index (κ3) is 4.68. The largest absolute Gasteiger partial charge is 0.356 e. The summed E-state index contributed by atoms with van der Waals surface area (Å²) >= 11 is 7.15. The molecule has 1 saturated carbocycles. The zero-order chi connectivity index (χ0) is 30.3. The second-order valence-electron chi connectivity index (χ2n) is 14.6. The summed E-state index contributed by atoms with van der Waals surface area (Å²) in [7, 11) is 0. The Morgan fingerprint density at radius 3 is 2.56 bits per heavy atom. The maximum Gasteiger partial charge on any atom is 0.219 e. The fourth-order valence-electron chi connectivity index (χ4n) is 8.06. The van der Waals surface area contributed by atoms with Crippen LogP contribution in [-0.2, 0) is 9.53 Å². The van der Waals surface area contributed by atoms with Gasteiger partial charge in [-0.1, -0.05) is 32.4 Å². The minimum absolute atomic E-state index is 0.0577. The third-order valence-electron chi connectivity index (χ3n) is 10.9. The van der Waals surface area contributed by atoms with E-state index < -0.39 is 0 Å². The first-order valence-corrected chi connectivity index (χ1v) is 16.5.